The number of anilines is 1. The predicted molar refractivity (Wildman–Crippen MR) is 64.3 cm³/mol. The van der Waals surface area contributed by atoms with Crippen LogP contribution in [0.25, 0.3) is 0 Å². The Bertz CT molecular complexity index is 449. The van der Waals surface area contributed by atoms with Gasteiger partial charge in [0, 0.05) is 6.07 Å². The van der Waals surface area contributed by atoms with Crippen molar-refractivity contribution in [2.45, 2.75) is 0 Å². The standard InChI is InChI=1S/C8H9BrClNO3S/c1-14-8-4-6(2-3-7(8)10)11-15(12,13)5-9/h2-4,11H,5H2,1H3. The second-order valence-electron chi connectivity index (χ2n) is 2.68. The molecule has 0 atom stereocenters. The molecule has 1 aromatic rings. The minimum Gasteiger partial charge on any atom is -0.495 e. The van der Waals surface area contributed by atoms with E-state index in [0.717, 1.165) is 0 Å². The number of ether oxygens (including phenoxy) is 1. The summed E-state index contributed by atoms with van der Waals surface area (Å²) < 4.78 is 29.6. The first kappa shape index (κ1) is 12.6. The Kier molecular flexibility index (Phi) is 4.24. The molecule has 0 radical (unpaired) electrons. The lowest BCUT2D eigenvalue weighted by atomic mass is 10.3. The molecule has 0 bridgehead atoms. The van der Waals surface area contributed by atoms with E-state index in [0.29, 0.717) is 16.5 Å². The topological polar surface area (TPSA) is 55.4 Å². The lowest BCUT2D eigenvalue weighted by Gasteiger charge is -2.08. The third-order valence-corrected chi connectivity index (χ3v) is 4.52. The summed E-state index contributed by atoms with van der Waals surface area (Å²) in [6, 6.07) is 4.64. The number of benzene rings is 1. The largest absolute Gasteiger partial charge is 0.495 e. The summed E-state index contributed by atoms with van der Waals surface area (Å²) in [4.78, 5) is 0. The van der Waals surface area contributed by atoms with Gasteiger partial charge in [0.1, 0.15) is 10.4 Å². The molecule has 0 aliphatic heterocycles. The fourth-order valence-electron chi connectivity index (χ4n) is 0.930. The van der Waals surface area contributed by atoms with Gasteiger partial charge in [-0.1, -0.05) is 27.5 Å². The van der Waals surface area contributed by atoms with Gasteiger partial charge in [0.15, 0.2) is 0 Å². The highest BCUT2D eigenvalue weighted by Gasteiger charge is 2.09. The summed E-state index contributed by atoms with van der Waals surface area (Å²) in [5.74, 6) is 0.423. The molecular formula is C8H9BrClNO3S. The van der Waals surface area contributed by atoms with Crippen LogP contribution in [0.5, 0.6) is 5.75 Å². The average Bonchev–Trinajstić information content (AvgIpc) is 2.20. The summed E-state index contributed by atoms with van der Waals surface area (Å²) >= 11 is 8.66. The van der Waals surface area contributed by atoms with E-state index < -0.39 is 10.0 Å². The van der Waals surface area contributed by atoms with Gasteiger partial charge in [-0.3, -0.25) is 4.72 Å². The van der Waals surface area contributed by atoms with Gasteiger partial charge in [0.05, 0.1) is 17.8 Å². The minimum absolute atomic E-state index is 0.162. The van der Waals surface area contributed by atoms with Crippen molar-refractivity contribution in [2.75, 3.05) is 16.5 Å². The first-order valence-corrected chi connectivity index (χ1v) is 7.03. The van der Waals surface area contributed by atoms with E-state index in [2.05, 4.69) is 20.7 Å². The number of alkyl halides is 1. The number of methoxy groups -OCH3 is 1. The lowest BCUT2D eigenvalue weighted by molar-refractivity contribution is 0.415. The Morgan fingerprint density at radius 3 is 2.73 bits per heavy atom. The molecule has 1 rings (SSSR count). The van der Waals surface area contributed by atoms with Gasteiger partial charge in [0.25, 0.3) is 0 Å². The normalized spacial score (nSPS) is 11.1. The molecule has 0 aliphatic carbocycles. The van der Waals surface area contributed by atoms with Crippen molar-refractivity contribution in [3.63, 3.8) is 0 Å². The molecule has 0 saturated heterocycles. The average molecular weight is 315 g/mol. The molecule has 1 aromatic carbocycles. The van der Waals surface area contributed by atoms with E-state index in [1.807, 2.05) is 0 Å². The van der Waals surface area contributed by atoms with Crippen LogP contribution in [0.2, 0.25) is 5.02 Å². The molecule has 1 N–H and O–H groups in total. The van der Waals surface area contributed by atoms with E-state index in [9.17, 15) is 8.42 Å². The van der Waals surface area contributed by atoms with Gasteiger partial charge in [-0.05, 0) is 12.1 Å². The van der Waals surface area contributed by atoms with Gasteiger partial charge in [-0.25, -0.2) is 8.42 Å². The highest BCUT2D eigenvalue weighted by Crippen LogP contribution is 2.27. The third-order valence-electron chi connectivity index (χ3n) is 1.57. The van der Waals surface area contributed by atoms with E-state index in [-0.39, 0.29) is 4.66 Å². The van der Waals surface area contributed by atoms with Crippen LogP contribution in [-0.4, -0.2) is 20.2 Å². The van der Waals surface area contributed by atoms with Crippen molar-refractivity contribution in [1.82, 2.24) is 0 Å². The Morgan fingerprint density at radius 1 is 1.53 bits per heavy atom. The Balaban J connectivity index is 2.98. The summed E-state index contributed by atoms with van der Waals surface area (Å²) in [6.07, 6.45) is 0. The van der Waals surface area contributed by atoms with Crippen molar-refractivity contribution in [3.05, 3.63) is 23.2 Å². The second kappa shape index (κ2) is 5.05. The molecule has 0 fully saturated rings. The van der Waals surface area contributed by atoms with Crippen LogP contribution in [0.1, 0.15) is 0 Å². The van der Waals surface area contributed by atoms with Gasteiger partial charge < -0.3 is 4.74 Å². The number of nitrogens with one attached hydrogen (secondary N) is 1. The first-order valence-electron chi connectivity index (χ1n) is 3.88. The van der Waals surface area contributed by atoms with Crippen molar-refractivity contribution in [2.24, 2.45) is 0 Å². The first-order chi connectivity index (χ1) is 6.98. The Morgan fingerprint density at radius 2 is 2.20 bits per heavy atom. The van der Waals surface area contributed by atoms with Crippen molar-refractivity contribution in [1.29, 1.82) is 0 Å². The summed E-state index contributed by atoms with van der Waals surface area (Å²) in [7, 11) is -1.88. The van der Waals surface area contributed by atoms with Gasteiger partial charge >= 0.3 is 0 Å². The highest BCUT2D eigenvalue weighted by atomic mass is 79.9. The number of rotatable bonds is 4. The number of hydrogen-bond donors (Lipinski definition) is 1. The smallest absolute Gasteiger partial charge is 0.242 e. The molecule has 0 heterocycles. The molecule has 0 spiro atoms. The summed E-state index contributed by atoms with van der Waals surface area (Å²) in [5, 5.41) is 0.430. The lowest BCUT2D eigenvalue weighted by Crippen LogP contribution is -2.13. The molecule has 84 valence electrons. The number of halogens is 2. The minimum atomic E-state index is -3.34. The van der Waals surface area contributed by atoms with E-state index in [4.69, 9.17) is 16.3 Å². The SMILES string of the molecule is COc1cc(NS(=O)(=O)CBr)ccc1Cl. The van der Waals surface area contributed by atoms with Crippen molar-refractivity contribution in [3.8, 4) is 5.75 Å². The molecule has 4 nitrogen and oxygen atoms in total. The monoisotopic (exact) mass is 313 g/mol. The van der Waals surface area contributed by atoms with Gasteiger partial charge in [-0.2, -0.15) is 0 Å². The fraction of sp³-hybridized carbons (Fsp3) is 0.250. The van der Waals surface area contributed by atoms with Crippen LogP contribution in [0.15, 0.2) is 18.2 Å². The van der Waals surface area contributed by atoms with Crippen LogP contribution in [0.3, 0.4) is 0 Å². The highest BCUT2D eigenvalue weighted by molar-refractivity contribution is 9.10. The van der Waals surface area contributed by atoms with Crippen molar-refractivity contribution < 1.29 is 13.2 Å². The fourth-order valence-corrected chi connectivity index (χ4v) is 2.01. The molecule has 15 heavy (non-hydrogen) atoms. The van der Waals surface area contributed by atoms with Crippen LogP contribution in [0, 0.1) is 0 Å². The number of hydrogen-bond acceptors (Lipinski definition) is 3. The summed E-state index contributed by atoms with van der Waals surface area (Å²) in [6.45, 7) is 0. The van der Waals surface area contributed by atoms with Crippen LogP contribution < -0.4 is 9.46 Å². The zero-order valence-corrected chi connectivity index (χ0v) is 11.0. The van der Waals surface area contributed by atoms with Crippen molar-refractivity contribution >= 4 is 43.2 Å². The second-order valence-corrected chi connectivity index (χ2v) is 6.11. The Labute approximate surface area is 102 Å². The van der Waals surface area contributed by atoms with E-state index in [1.54, 1.807) is 12.1 Å². The van der Waals surface area contributed by atoms with E-state index >= 15 is 0 Å². The molecule has 0 aromatic heterocycles. The van der Waals surface area contributed by atoms with Crippen LogP contribution in [-0.2, 0) is 10.0 Å². The quantitative estimate of drug-likeness (QED) is 0.869. The zero-order chi connectivity index (χ0) is 11.5. The van der Waals surface area contributed by atoms with Crippen LogP contribution in [0.4, 0.5) is 5.69 Å². The molecule has 7 heteroatoms. The van der Waals surface area contributed by atoms with E-state index in [1.165, 1.54) is 13.2 Å². The molecule has 0 saturated carbocycles. The summed E-state index contributed by atoms with van der Waals surface area (Å²) in [5.41, 5.74) is 0.413. The molecule has 0 unspecified atom stereocenters. The van der Waals surface area contributed by atoms with Gasteiger partial charge in [-0.15, -0.1) is 0 Å². The third kappa shape index (κ3) is 3.55. The maximum Gasteiger partial charge on any atom is 0.242 e. The maximum atomic E-state index is 11.2. The zero-order valence-electron chi connectivity index (χ0n) is 7.83. The maximum absolute atomic E-state index is 11.2. The molecule has 0 aliphatic rings. The predicted octanol–water partition coefficient (Wildman–Crippen LogP) is 2.44. The molecular weight excluding hydrogens is 306 g/mol. The van der Waals surface area contributed by atoms with Crippen LogP contribution >= 0.6 is 27.5 Å². The Hall–Kier alpha value is -0.460. The number of sulfonamides is 1. The van der Waals surface area contributed by atoms with Gasteiger partial charge in [0.2, 0.25) is 10.0 Å². The molecule has 0 amide bonds.